The van der Waals surface area contributed by atoms with E-state index in [1.54, 1.807) is 0 Å². The first kappa shape index (κ1) is 38.0. The van der Waals surface area contributed by atoms with E-state index in [0.717, 1.165) is 42.8 Å². The molecule has 0 bridgehead atoms. The molecule has 4 nitrogen and oxygen atoms in total. The first-order valence-electron chi connectivity index (χ1n) is 14.8. The largest absolute Gasteiger partial charge is 0.457 e. The Morgan fingerprint density at radius 3 is 2.03 bits per heavy atom. The number of carbonyl (C=O) groups excluding carboxylic acids is 1. The molecular weight excluding hydrogens is 468 g/mol. The van der Waals surface area contributed by atoms with Gasteiger partial charge in [-0.3, -0.25) is 0 Å². The number of hydrogen-bond donors (Lipinski definition) is 1. The standard InChI is InChI=1S/C17H18O.C8H16.C4H12N2.2C2H6.CH2O/c1-12-5-3-7-15(11-12)18-17-13(2)9-10-14-6-4-8-16(14)17;1-7(2)6-8-4-3-5-8;1-6(2)4-3-5;3*1-2/h3,5,7,9-11H,4,6,8H2,1-2H3;7-8H,3-6H2,1-2H3;3-5H2,1-2H3;2*1-2H3;1H2. The van der Waals surface area contributed by atoms with Crippen molar-refractivity contribution in [3.8, 4) is 11.5 Å². The Balaban J connectivity index is 0. The maximum absolute atomic E-state index is 8.00. The van der Waals surface area contributed by atoms with Gasteiger partial charge in [-0.25, -0.2) is 0 Å². The zero-order valence-corrected chi connectivity index (χ0v) is 26.5. The van der Waals surface area contributed by atoms with E-state index >= 15 is 0 Å². The van der Waals surface area contributed by atoms with Crippen LogP contribution in [-0.4, -0.2) is 38.9 Å². The van der Waals surface area contributed by atoms with Gasteiger partial charge < -0.3 is 20.2 Å². The highest BCUT2D eigenvalue weighted by atomic mass is 16.5. The van der Waals surface area contributed by atoms with Crippen LogP contribution in [0.25, 0.3) is 0 Å². The molecule has 0 heterocycles. The smallest absolute Gasteiger partial charge is 0.133 e. The lowest BCUT2D eigenvalue weighted by Gasteiger charge is -2.26. The number of nitrogens with zero attached hydrogens (tertiary/aromatic N) is 1. The molecule has 0 aliphatic heterocycles. The molecule has 2 aromatic rings. The molecule has 38 heavy (non-hydrogen) atoms. The highest BCUT2D eigenvalue weighted by Gasteiger charge is 2.18. The van der Waals surface area contributed by atoms with Crippen LogP contribution in [0.1, 0.15) is 95.9 Å². The SMILES string of the molecule is C=O.CC.CC.CC(C)CC1CCC1.CN(C)CCN.Cc1cccc(Oc2c(C)ccc3c2CCC3)c1. The number of hydrogen-bond acceptors (Lipinski definition) is 4. The Bertz CT molecular complexity index is 829. The van der Waals surface area contributed by atoms with Crippen LogP contribution in [0.3, 0.4) is 0 Å². The lowest BCUT2D eigenvalue weighted by atomic mass is 9.80. The van der Waals surface area contributed by atoms with E-state index < -0.39 is 0 Å². The monoisotopic (exact) mass is 528 g/mol. The van der Waals surface area contributed by atoms with Crippen LogP contribution < -0.4 is 10.5 Å². The average molecular weight is 529 g/mol. The summed E-state index contributed by atoms with van der Waals surface area (Å²) in [5, 5.41) is 0. The van der Waals surface area contributed by atoms with Gasteiger partial charge in [-0.2, -0.15) is 0 Å². The number of carbonyl (C=O) groups is 1. The molecule has 0 aromatic heterocycles. The van der Waals surface area contributed by atoms with E-state index in [2.05, 4.69) is 56.9 Å². The van der Waals surface area contributed by atoms with E-state index in [1.807, 2.05) is 60.7 Å². The summed E-state index contributed by atoms with van der Waals surface area (Å²) in [5.41, 5.74) is 10.5. The predicted molar refractivity (Wildman–Crippen MR) is 169 cm³/mol. The second-order valence-corrected chi connectivity index (χ2v) is 10.1. The highest BCUT2D eigenvalue weighted by Crippen LogP contribution is 2.36. The second-order valence-electron chi connectivity index (χ2n) is 10.1. The maximum atomic E-state index is 8.00. The molecule has 0 unspecified atom stereocenters. The van der Waals surface area contributed by atoms with Gasteiger partial charge in [0.2, 0.25) is 0 Å². The minimum atomic E-state index is 0.757. The first-order valence-corrected chi connectivity index (χ1v) is 14.8. The summed E-state index contributed by atoms with van der Waals surface area (Å²) in [4.78, 5) is 10.1. The molecule has 0 spiro atoms. The second kappa shape index (κ2) is 23.9. The average Bonchev–Trinajstić information content (AvgIpc) is 3.37. The summed E-state index contributed by atoms with van der Waals surface area (Å²) in [6, 6.07) is 12.7. The van der Waals surface area contributed by atoms with Crippen LogP contribution in [0.5, 0.6) is 11.5 Å². The number of rotatable bonds is 6. The van der Waals surface area contributed by atoms with Crippen LogP contribution in [0.15, 0.2) is 36.4 Å². The Morgan fingerprint density at radius 1 is 0.974 bits per heavy atom. The van der Waals surface area contributed by atoms with Crippen molar-refractivity contribution in [2.24, 2.45) is 17.6 Å². The number of likely N-dealkylation sites (N-methyl/N-ethyl adjacent to an activating group) is 1. The molecule has 0 radical (unpaired) electrons. The van der Waals surface area contributed by atoms with Crippen LogP contribution in [0.4, 0.5) is 0 Å². The van der Waals surface area contributed by atoms with Gasteiger partial charge in [0, 0.05) is 13.1 Å². The molecule has 4 rings (SSSR count). The van der Waals surface area contributed by atoms with Gasteiger partial charge in [0.05, 0.1) is 0 Å². The van der Waals surface area contributed by atoms with Crippen molar-refractivity contribution in [2.45, 2.75) is 100 Å². The summed E-state index contributed by atoms with van der Waals surface area (Å²) in [7, 11) is 4.01. The summed E-state index contributed by atoms with van der Waals surface area (Å²) >= 11 is 0. The Hall–Kier alpha value is -2.17. The van der Waals surface area contributed by atoms with Gasteiger partial charge in [0.1, 0.15) is 18.3 Å². The lowest BCUT2D eigenvalue weighted by molar-refractivity contribution is -0.0980. The van der Waals surface area contributed by atoms with Crippen molar-refractivity contribution in [1.82, 2.24) is 4.90 Å². The van der Waals surface area contributed by atoms with Crippen molar-refractivity contribution < 1.29 is 9.53 Å². The fraction of sp³-hybridized carbons (Fsp3) is 0.618. The zero-order chi connectivity index (χ0) is 29.5. The molecule has 218 valence electrons. The van der Waals surface area contributed by atoms with Crippen LogP contribution >= 0.6 is 0 Å². The summed E-state index contributed by atoms with van der Waals surface area (Å²) in [6.45, 7) is 20.6. The summed E-state index contributed by atoms with van der Waals surface area (Å²) in [6.07, 6.45) is 9.59. The molecular formula is C34H60N2O2. The molecule has 2 aliphatic carbocycles. The van der Waals surface area contributed by atoms with E-state index in [0.29, 0.717) is 0 Å². The van der Waals surface area contributed by atoms with Gasteiger partial charge in [0.25, 0.3) is 0 Å². The topological polar surface area (TPSA) is 55.6 Å². The van der Waals surface area contributed by atoms with Gasteiger partial charge in [-0.05, 0) is 99.8 Å². The molecule has 0 atom stereocenters. The van der Waals surface area contributed by atoms with Crippen molar-refractivity contribution >= 4 is 6.79 Å². The number of benzene rings is 2. The van der Waals surface area contributed by atoms with E-state index in [-0.39, 0.29) is 0 Å². The number of fused-ring (bicyclic) bond motifs is 1. The minimum absolute atomic E-state index is 0.757. The molecule has 4 heteroatoms. The molecule has 1 fully saturated rings. The number of aryl methyl sites for hydroxylation is 3. The van der Waals surface area contributed by atoms with Gasteiger partial charge in [-0.15, -0.1) is 0 Å². The third-order valence-corrected chi connectivity index (χ3v) is 6.24. The van der Waals surface area contributed by atoms with Gasteiger partial charge in [0.15, 0.2) is 0 Å². The van der Waals surface area contributed by atoms with Crippen molar-refractivity contribution in [1.29, 1.82) is 0 Å². The molecule has 2 aliphatic rings. The Kier molecular flexibility index (Phi) is 23.9. The van der Waals surface area contributed by atoms with E-state index in [1.165, 1.54) is 60.8 Å². The van der Waals surface area contributed by atoms with E-state index in [4.69, 9.17) is 15.3 Å². The summed E-state index contributed by atoms with van der Waals surface area (Å²) < 4.78 is 6.13. The van der Waals surface area contributed by atoms with Crippen LogP contribution in [-0.2, 0) is 17.6 Å². The highest BCUT2D eigenvalue weighted by molar-refractivity contribution is 5.50. The Morgan fingerprint density at radius 2 is 1.61 bits per heavy atom. The molecule has 2 aromatic carbocycles. The van der Waals surface area contributed by atoms with Crippen molar-refractivity contribution in [3.63, 3.8) is 0 Å². The van der Waals surface area contributed by atoms with Gasteiger partial charge in [-0.1, -0.05) is 85.1 Å². The third kappa shape index (κ3) is 15.9. The first-order chi connectivity index (χ1) is 18.3. The number of ether oxygens (including phenoxy) is 1. The summed E-state index contributed by atoms with van der Waals surface area (Å²) in [5.74, 6) is 4.06. The van der Waals surface area contributed by atoms with E-state index in [9.17, 15) is 0 Å². The Labute approximate surface area is 236 Å². The molecule has 0 saturated heterocycles. The van der Waals surface area contributed by atoms with Crippen LogP contribution in [0, 0.1) is 25.7 Å². The lowest BCUT2D eigenvalue weighted by Crippen LogP contribution is -2.20. The fourth-order valence-electron chi connectivity index (χ4n) is 4.34. The van der Waals surface area contributed by atoms with Crippen molar-refractivity contribution in [2.75, 3.05) is 27.2 Å². The predicted octanol–water partition coefficient (Wildman–Crippen LogP) is 8.79. The fourth-order valence-corrected chi connectivity index (χ4v) is 4.34. The normalized spacial score (nSPS) is 12.9. The number of nitrogens with two attached hydrogens (primary N) is 1. The maximum Gasteiger partial charge on any atom is 0.133 e. The van der Waals surface area contributed by atoms with Gasteiger partial charge >= 0.3 is 0 Å². The van der Waals surface area contributed by atoms with Crippen molar-refractivity contribution in [3.05, 3.63) is 58.7 Å². The zero-order valence-electron chi connectivity index (χ0n) is 26.5. The minimum Gasteiger partial charge on any atom is -0.457 e. The molecule has 0 amide bonds. The molecule has 2 N–H and O–H groups in total. The third-order valence-electron chi connectivity index (χ3n) is 6.24. The quantitative estimate of drug-likeness (QED) is 0.407. The van der Waals surface area contributed by atoms with Crippen LogP contribution in [0.2, 0.25) is 0 Å². The molecule has 1 saturated carbocycles.